The van der Waals surface area contributed by atoms with Gasteiger partial charge < -0.3 is 15.4 Å². The minimum absolute atomic E-state index is 0.263. The first-order chi connectivity index (χ1) is 19.0. The predicted molar refractivity (Wildman–Crippen MR) is 155 cm³/mol. The molecule has 0 aromatic heterocycles. The summed E-state index contributed by atoms with van der Waals surface area (Å²) in [6.45, 7) is 7.59. The minimum Gasteiger partial charge on any atom is -0.356 e. The second-order valence-electron chi connectivity index (χ2n) is 13.1. The van der Waals surface area contributed by atoms with Gasteiger partial charge in [-0.3, -0.25) is 19.3 Å². The van der Waals surface area contributed by atoms with E-state index in [-0.39, 0.29) is 17.7 Å². The van der Waals surface area contributed by atoms with Crippen LogP contribution in [0.25, 0.3) is 0 Å². The molecule has 40 heavy (non-hydrogen) atoms. The van der Waals surface area contributed by atoms with Gasteiger partial charge in [0.15, 0.2) is 0 Å². The van der Waals surface area contributed by atoms with Gasteiger partial charge in [-0.15, -0.1) is 0 Å². The highest BCUT2D eigenvalue weighted by Crippen LogP contribution is 2.60. The van der Waals surface area contributed by atoms with Crippen molar-refractivity contribution in [1.29, 1.82) is 0 Å². The maximum Gasteiger partial charge on any atom is 0.246 e. The standard InChI is InChI=1S/C33H39N3O4/c1-31(2,3)35-29(38)27-33-20-19-32(4,40-33)25(28(37)34-23-13-9-6-10-14-23)26(33)30(39)36(27)24-17-15-22(16-18-24)21-11-7-5-8-12-21/h6,9-10,13-21,25-27H,5,7-8,11-12H2,1-4H3,(H,34,37)(H,35,38)/t25-,26+,27-,32-,33+/m1/s1. The highest BCUT2D eigenvalue weighted by Gasteiger charge is 2.76. The van der Waals surface area contributed by atoms with Gasteiger partial charge in [0.25, 0.3) is 0 Å². The number of hydrogen-bond acceptors (Lipinski definition) is 4. The molecule has 2 N–H and O–H groups in total. The maximum atomic E-state index is 14.4. The van der Waals surface area contributed by atoms with E-state index in [0.717, 1.165) is 0 Å². The second-order valence-corrected chi connectivity index (χ2v) is 13.1. The van der Waals surface area contributed by atoms with Crippen LogP contribution in [0.3, 0.4) is 0 Å². The lowest BCUT2D eigenvalue weighted by atomic mass is 9.70. The number of nitrogens with one attached hydrogen (secondary N) is 2. The van der Waals surface area contributed by atoms with Crippen LogP contribution < -0.4 is 15.5 Å². The summed E-state index contributed by atoms with van der Waals surface area (Å²) in [6.07, 6.45) is 9.84. The number of fused-ring (bicyclic) bond motifs is 1. The molecule has 6 rings (SSSR count). The third-order valence-corrected chi connectivity index (χ3v) is 9.02. The molecule has 3 aliphatic heterocycles. The smallest absolute Gasteiger partial charge is 0.246 e. The van der Waals surface area contributed by atoms with Crippen LogP contribution in [-0.4, -0.2) is 40.5 Å². The Hall–Kier alpha value is -3.45. The van der Waals surface area contributed by atoms with E-state index < -0.39 is 34.6 Å². The number of para-hydroxylation sites is 1. The zero-order chi connectivity index (χ0) is 28.3. The maximum absolute atomic E-state index is 14.4. The largest absolute Gasteiger partial charge is 0.356 e. The number of rotatable bonds is 5. The van der Waals surface area contributed by atoms with E-state index in [0.29, 0.717) is 17.3 Å². The fourth-order valence-electron chi connectivity index (χ4n) is 7.33. The Labute approximate surface area is 236 Å². The topological polar surface area (TPSA) is 87.7 Å². The number of nitrogens with zero attached hydrogens (tertiary/aromatic N) is 1. The number of hydrogen-bond donors (Lipinski definition) is 2. The van der Waals surface area contributed by atoms with Gasteiger partial charge in [-0.2, -0.15) is 0 Å². The molecule has 4 aliphatic rings. The van der Waals surface area contributed by atoms with Crippen molar-refractivity contribution in [1.82, 2.24) is 5.32 Å². The van der Waals surface area contributed by atoms with E-state index >= 15 is 0 Å². The number of anilines is 2. The summed E-state index contributed by atoms with van der Waals surface area (Å²) in [5, 5.41) is 6.06. The minimum atomic E-state index is -1.25. The molecule has 1 saturated carbocycles. The van der Waals surface area contributed by atoms with Crippen molar-refractivity contribution in [2.24, 2.45) is 11.8 Å². The van der Waals surface area contributed by atoms with Crippen molar-refractivity contribution in [3.05, 3.63) is 72.3 Å². The monoisotopic (exact) mass is 541 g/mol. The summed E-state index contributed by atoms with van der Waals surface area (Å²) in [6, 6.07) is 16.4. The van der Waals surface area contributed by atoms with E-state index in [2.05, 4.69) is 22.8 Å². The molecule has 7 nitrogen and oxygen atoms in total. The summed E-state index contributed by atoms with van der Waals surface area (Å²) in [7, 11) is 0. The Kier molecular flexibility index (Phi) is 6.41. The van der Waals surface area contributed by atoms with E-state index in [1.54, 1.807) is 4.90 Å². The van der Waals surface area contributed by atoms with Gasteiger partial charge in [0.2, 0.25) is 17.7 Å². The van der Waals surface area contributed by atoms with Crippen LogP contribution in [-0.2, 0) is 19.1 Å². The van der Waals surface area contributed by atoms with Crippen molar-refractivity contribution in [2.75, 3.05) is 10.2 Å². The zero-order valence-electron chi connectivity index (χ0n) is 23.8. The van der Waals surface area contributed by atoms with Gasteiger partial charge >= 0.3 is 0 Å². The molecule has 7 heteroatoms. The molecule has 2 aromatic carbocycles. The highest BCUT2D eigenvalue weighted by atomic mass is 16.5. The third-order valence-electron chi connectivity index (χ3n) is 9.02. The molecular weight excluding hydrogens is 502 g/mol. The average Bonchev–Trinajstić information content (AvgIpc) is 3.49. The molecule has 1 spiro atoms. The molecule has 2 saturated heterocycles. The van der Waals surface area contributed by atoms with Crippen molar-refractivity contribution in [2.45, 2.75) is 88.5 Å². The van der Waals surface area contributed by atoms with Crippen LogP contribution in [0.15, 0.2) is 66.7 Å². The first kappa shape index (κ1) is 26.8. The fraction of sp³-hybridized carbons (Fsp3) is 0.485. The first-order valence-corrected chi connectivity index (χ1v) is 14.5. The van der Waals surface area contributed by atoms with Gasteiger partial charge in [0.05, 0.1) is 17.4 Å². The number of carbonyl (C=O) groups is 3. The highest BCUT2D eigenvalue weighted by molar-refractivity contribution is 6.11. The van der Waals surface area contributed by atoms with E-state index in [4.69, 9.17) is 4.74 Å². The SMILES string of the molecule is CC(C)(C)NC(=O)[C@H]1N(c2ccc(C3CCCCC3)cc2)C(=O)[C@@H]2[C@H](C(=O)Nc3ccccc3)[C@@]3(C)C=C[C@]21O3. The molecule has 0 unspecified atom stereocenters. The van der Waals surface area contributed by atoms with Gasteiger partial charge in [-0.1, -0.05) is 61.7 Å². The Morgan fingerprint density at radius 1 is 0.925 bits per heavy atom. The molecule has 3 heterocycles. The zero-order valence-corrected chi connectivity index (χ0v) is 23.8. The van der Waals surface area contributed by atoms with Gasteiger partial charge in [-0.05, 0) is 76.3 Å². The quantitative estimate of drug-likeness (QED) is 0.501. The summed E-state index contributed by atoms with van der Waals surface area (Å²) >= 11 is 0. The number of benzene rings is 2. The number of carbonyl (C=O) groups excluding carboxylic acids is 3. The molecular formula is C33H39N3O4. The lowest BCUT2D eigenvalue weighted by Gasteiger charge is -2.35. The average molecular weight is 542 g/mol. The lowest BCUT2D eigenvalue weighted by Crippen LogP contribution is -2.58. The molecule has 2 aromatic rings. The van der Waals surface area contributed by atoms with Crippen LogP contribution in [0.5, 0.6) is 0 Å². The fourth-order valence-corrected chi connectivity index (χ4v) is 7.33. The van der Waals surface area contributed by atoms with E-state index in [1.807, 2.05) is 82.3 Å². The Bertz CT molecular complexity index is 1340. The number of amides is 3. The summed E-state index contributed by atoms with van der Waals surface area (Å²) < 4.78 is 6.64. The Balaban J connectivity index is 1.38. The lowest BCUT2D eigenvalue weighted by molar-refractivity contribution is -0.131. The van der Waals surface area contributed by atoms with Crippen molar-refractivity contribution < 1.29 is 19.1 Å². The third kappa shape index (κ3) is 4.35. The van der Waals surface area contributed by atoms with Crippen LogP contribution in [0.2, 0.25) is 0 Å². The molecule has 5 atom stereocenters. The van der Waals surface area contributed by atoms with Crippen LogP contribution in [0.4, 0.5) is 11.4 Å². The van der Waals surface area contributed by atoms with Crippen molar-refractivity contribution >= 4 is 29.1 Å². The van der Waals surface area contributed by atoms with Crippen LogP contribution >= 0.6 is 0 Å². The van der Waals surface area contributed by atoms with Crippen molar-refractivity contribution in [3.63, 3.8) is 0 Å². The van der Waals surface area contributed by atoms with Gasteiger partial charge in [0, 0.05) is 16.9 Å². The second kappa shape index (κ2) is 9.58. The van der Waals surface area contributed by atoms with Crippen LogP contribution in [0.1, 0.15) is 71.3 Å². The van der Waals surface area contributed by atoms with Gasteiger partial charge in [0.1, 0.15) is 11.6 Å². The first-order valence-electron chi connectivity index (χ1n) is 14.5. The Morgan fingerprint density at radius 3 is 2.25 bits per heavy atom. The summed E-state index contributed by atoms with van der Waals surface area (Å²) in [4.78, 5) is 43.7. The van der Waals surface area contributed by atoms with E-state index in [1.165, 1.54) is 37.7 Å². The summed E-state index contributed by atoms with van der Waals surface area (Å²) in [5.74, 6) is -1.94. The predicted octanol–water partition coefficient (Wildman–Crippen LogP) is 5.33. The molecule has 210 valence electrons. The molecule has 2 bridgehead atoms. The molecule has 3 amide bonds. The molecule has 3 fully saturated rings. The summed E-state index contributed by atoms with van der Waals surface area (Å²) in [5.41, 5.74) is -0.193. The van der Waals surface area contributed by atoms with E-state index in [9.17, 15) is 14.4 Å². The van der Waals surface area contributed by atoms with Gasteiger partial charge in [-0.25, -0.2) is 0 Å². The normalized spacial score (nSPS) is 31.4. The molecule has 0 radical (unpaired) electrons. The van der Waals surface area contributed by atoms with Crippen LogP contribution in [0, 0.1) is 11.8 Å². The number of ether oxygens (including phenoxy) is 1. The Morgan fingerprint density at radius 2 is 1.60 bits per heavy atom. The van der Waals surface area contributed by atoms with Crippen molar-refractivity contribution in [3.8, 4) is 0 Å². The molecule has 1 aliphatic carbocycles.